The van der Waals surface area contributed by atoms with Crippen LogP contribution < -0.4 is 0 Å². The fraction of sp³-hybridized carbons (Fsp3) is 0.588. The van der Waals surface area contributed by atoms with Crippen molar-refractivity contribution in [3.8, 4) is 0 Å². The van der Waals surface area contributed by atoms with E-state index >= 15 is 0 Å². The molecule has 0 aromatic carbocycles. The summed E-state index contributed by atoms with van der Waals surface area (Å²) < 4.78 is 10.7. The first kappa shape index (κ1) is 15.8. The molecule has 1 aliphatic heterocycles. The molecule has 3 rings (SSSR count). The molecular formula is C17H23N3O3. The third-order valence-corrected chi connectivity index (χ3v) is 4.25. The topological polar surface area (TPSA) is 72.4 Å². The number of carbonyl (C=O) groups is 1. The Bertz CT molecular complexity index is 674. The highest BCUT2D eigenvalue weighted by Gasteiger charge is 2.34. The van der Waals surface area contributed by atoms with Crippen LogP contribution in [0.1, 0.15) is 79.7 Å². The molecule has 1 amide bonds. The van der Waals surface area contributed by atoms with Crippen molar-refractivity contribution in [3.05, 3.63) is 35.0 Å². The van der Waals surface area contributed by atoms with Gasteiger partial charge in [0.15, 0.2) is 11.5 Å². The molecular weight excluding hydrogens is 294 g/mol. The van der Waals surface area contributed by atoms with Crippen molar-refractivity contribution in [2.24, 2.45) is 0 Å². The van der Waals surface area contributed by atoms with E-state index in [1.165, 1.54) is 0 Å². The monoisotopic (exact) mass is 317 g/mol. The molecule has 1 atom stereocenters. The van der Waals surface area contributed by atoms with E-state index in [0.29, 0.717) is 18.2 Å². The van der Waals surface area contributed by atoms with Crippen LogP contribution in [-0.2, 0) is 6.42 Å². The van der Waals surface area contributed by atoms with Gasteiger partial charge in [-0.25, -0.2) is 0 Å². The largest absolute Gasteiger partial charge is 0.361 e. The zero-order valence-electron chi connectivity index (χ0n) is 13.9. The first-order chi connectivity index (χ1) is 11.1. The van der Waals surface area contributed by atoms with Gasteiger partial charge in [0.2, 0.25) is 0 Å². The van der Waals surface area contributed by atoms with Gasteiger partial charge < -0.3 is 13.9 Å². The summed E-state index contributed by atoms with van der Waals surface area (Å²) in [6.07, 6.45) is 3.60. The van der Waals surface area contributed by atoms with E-state index in [-0.39, 0.29) is 11.9 Å². The lowest BCUT2D eigenvalue weighted by Gasteiger charge is -2.21. The Morgan fingerprint density at radius 3 is 2.87 bits per heavy atom. The smallest absolute Gasteiger partial charge is 0.276 e. The Balaban J connectivity index is 1.78. The molecule has 2 aromatic rings. The lowest BCUT2D eigenvalue weighted by Crippen LogP contribution is -2.30. The first-order valence-corrected chi connectivity index (χ1v) is 8.33. The van der Waals surface area contributed by atoms with Crippen LogP contribution in [0.25, 0.3) is 0 Å². The van der Waals surface area contributed by atoms with Crippen LogP contribution >= 0.6 is 0 Å². The normalized spacial score (nSPS) is 18.1. The summed E-state index contributed by atoms with van der Waals surface area (Å²) in [6.45, 7) is 6.92. The molecule has 0 saturated carbocycles. The average molecular weight is 317 g/mol. The van der Waals surface area contributed by atoms with Gasteiger partial charge in [-0.3, -0.25) is 4.79 Å². The van der Waals surface area contributed by atoms with Gasteiger partial charge in [-0.15, -0.1) is 0 Å². The van der Waals surface area contributed by atoms with E-state index in [9.17, 15) is 4.79 Å². The third kappa shape index (κ3) is 3.16. The van der Waals surface area contributed by atoms with Gasteiger partial charge in [-0.05, 0) is 25.2 Å². The molecule has 124 valence electrons. The Labute approximate surface area is 135 Å². The molecule has 0 radical (unpaired) electrons. The van der Waals surface area contributed by atoms with Gasteiger partial charge >= 0.3 is 0 Å². The van der Waals surface area contributed by atoms with Crippen LogP contribution in [0.4, 0.5) is 0 Å². The maximum Gasteiger partial charge on any atom is 0.276 e. The van der Waals surface area contributed by atoms with Crippen LogP contribution in [-0.4, -0.2) is 27.7 Å². The SMILES string of the molecule is CCCc1cc(C(=O)N2CCC[C@H]2c2cc(C(C)C)no2)no1. The molecule has 6 nitrogen and oxygen atoms in total. The van der Waals surface area contributed by atoms with Crippen molar-refractivity contribution in [2.75, 3.05) is 6.54 Å². The molecule has 0 spiro atoms. The highest BCUT2D eigenvalue weighted by molar-refractivity contribution is 5.92. The maximum absolute atomic E-state index is 12.7. The van der Waals surface area contributed by atoms with Gasteiger partial charge in [0.05, 0.1) is 11.7 Å². The first-order valence-electron chi connectivity index (χ1n) is 8.33. The zero-order valence-corrected chi connectivity index (χ0v) is 13.9. The number of nitrogens with zero attached hydrogens (tertiary/aromatic N) is 3. The summed E-state index contributed by atoms with van der Waals surface area (Å²) in [4.78, 5) is 14.5. The summed E-state index contributed by atoms with van der Waals surface area (Å²) in [5.41, 5.74) is 1.30. The second-order valence-corrected chi connectivity index (χ2v) is 6.39. The quantitative estimate of drug-likeness (QED) is 0.840. The molecule has 1 fully saturated rings. The fourth-order valence-electron chi connectivity index (χ4n) is 2.96. The van der Waals surface area contributed by atoms with Gasteiger partial charge in [0.1, 0.15) is 5.76 Å². The average Bonchev–Trinajstić information content (AvgIpc) is 3.26. The summed E-state index contributed by atoms with van der Waals surface area (Å²) in [5.74, 6) is 1.73. The van der Waals surface area contributed by atoms with E-state index in [2.05, 4.69) is 31.1 Å². The zero-order chi connectivity index (χ0) is 16.4. The van der Waals surface area contributed by atoms with Crippen molar-refractivity contribution in [2.45, 2.75) is 58.4 Å². The summed E-state index contributed by atoms with van der Waals surface area (Å²) >= 11 is 0. The van der Waals surface area contributed by atoms with Crippen molar-refractivity contribution >= 4 is 5.91 Å². The second kappa shape index (κ2) is 6.56. The standard InChI is InChI=1S/C17H23N3O3/c1-4-6-12-9-14(19-22-12)17(21)20-8-5-7-15(20)16-10-13(11(2)3)18-23-16/h9-11,15H,4-8H2,1-3H3/t15-/m0/s1. The van der Waals surface area contributed by atoms with E-state index in [4.69, 9.17) is 9.05 Å². The van der Waals surface area contributed by atoms with Gasteiger partial charge in [-0.2, -0.15) is 0 Å². The number of aromatic nitrogens is 2. The fourth-order valence-corrected chi connectivity index (χ4v) is 2.96. The second-order valence-electron chi connectivity index (χ2n) is 6.39. The minimum Gasteiger partial charge on any atom is -0.361 e. The molecule has 1 aliphatic rings. The van der Waals surface area contributed by atoms with Gasteiger partial charge in [0, 0.05) is 25.1 Å². The van der Waals surface area contributed by atoms with E-state index in [1.54, 1.807) is 6.07 Å². The third-order valence-electron chi connectivity index (χ3n) is 4.25. The van der Waals surface area contributed by atoms with Crippen LogP contribution in [0.15, 0.2) is 21.2 Å². The Kier molecular flexibility index (Phi) is 4.50. The van der Waals surface area contributed by atoms with E-state index in [0.717, 1.165) is 42.9 Å². The van der Waals surface area contributed by atoms with Crippen molar-refractivity contribution in [1.29, 1.82) is 0 Å². The lowest BCUT2D eigenvalue weighted by atomic mass is 10.1. The molecule has 0 unspecified atom stereocenters. The van der Waals surface area contributed by atoms with Gasteiger partial charge in [-0.1, -0.05) is 31.1 Å². The predicted octanol–water partition coefficient (Wildman–Crippen LogP) is 3.72. The number of carbonyl (C=O) groups excluding carboxylic acids is 1. The predicted molar refractivity (Wildman–Crippen MR) is 84.1 cm³/mol. The molecule has 3 heterocycles. The number of amides is 1. The number of likely N-dealkylation sites (tertiary alicyclic amines) is 1. The number of aryl methyl sites for hydroxylation is 1. The Hall–Kier alpha value is -2.11. The molecule has 0 bridgehead atoms. The summed E-state index contributed by atoms with van der Waals surface area (Å²) in [6, 6.07) is 3.65. The number of hydrogen-bond donors (Lipinski definition) is 0. The molecule has 0 aliphatic carbocycles. The lowest BCUT2D eigenvalue weighted by molar-refractivity contribution is 0.0704. The highest BCUT2D eigenvalue weighted by atomic mass is 16.5. The minimum absolute atomic E-state index is 0.0613. The minimum atomic E-state index is -0.0962. The maximum atomic E-state index is 12.7. The highest BCUT2D eigenvalue weighted by Crippen LogP contribution is 2.34. The molecule has 2 aromatic heterocycles. The Morgan fingerprint density at radius 1 is 1.35 bits per heavy atom. The van der Waals surface area contributed by atoms with Gasteiger partial charge in [0.25, 0.3) is 5.91 Å². The van der Waals surface area contributed by atoms with Crippen LogP contribution in [0.2, 0.25) is 0 Å². The van der Waals surface area contributed by atoms with Crippen LogP contribution in [0.3, 0.4) is 0 Å². The van der Waals surface area contributed by atoms with Crippen LogP contribution in [0.5, 0.6) is 0 Å². The van der Waals surface area contributed by atoms with Crippen molar-refractivity contribution in [1.82, 2.24) is 15.2 Å². The van der Waals surface area contributed by atoms with Crippen molar-refractivity contribution < 1.29 is 13.8 Å². The molecule has 1 saturated heterocycles. The van der Waals surface area contributed by atoms with E-state index < -0.39 is 0 Å². The number of hydrogen-bond acceptors (Lipinski definition) is 5. The summed E-state index contributed by atoms with van der Waals surface area (Å²) in [5, 5.41) is 8.04. The molecule has 6 heteroatoms. The van der Waals surface area contributed by atoms with Crippen molar-refractivity contribution in [3.63, 3.8) is 0 Å². The van der Waals surface area contributed by atoms with Crippen LogP contribution in [0, 0.1) is 0 Å². The Morgan fingerprint density at radius 2 is 2.17 bits per heavy atom. The van der Waals surface area contributed by atoms with E-state index in [1.807, 2.05) is 11.0 Å². The number of rotatable bonds is 5. The molecule has 0 N–H and O–H groups in total. The molecule has 23 heavy (non-hydrogen) atoms. The summed E-state index contributed by atoms with van der Waals surface area (Å²) in [7, 11) is 0.